The zero-order chi connectivity index (χ0) is 29.0. The maximum atomic E-state index is 13.4. The SMILES string of the molecule is C[C@@H]1CCN(C(=O)CC#N)C[C@@H]1N(C)c1ncnc2c1ccn2C(=O)N(C)CCOC(=O)C1CCC(F)(F)CC1. The highest BCUT2D eigenvalue weighted by Crippen LogP contribution is 2.36. The van der Waals surface area contributed by atoms with Crippen LogP contribution in [0, 0.1) is 23.2 Å². The maximum Gasteiger partial charge on any atom is 0.329 e. The predicted molar refractivity (Wildman–Crippen MR) is 142 cm³/mol. The Hall–Kier alpha value is -3.82. The lowest BCUT2D eigenvalue weighted by molar-refractivity contribution is -0.152. The number of alkyl halides is 2. The van der Waals surface area contributed by atoms with Crippen molar-refractivity contribution in [2.45, 2.75) is 57.4 Å². The number of piperidine rings is 1. The van der Waals surface area contributed by atoms with Crippen LogP contribution < -0.4 is 4.90 Å². The molecule has 2 atom stereocenters. The van der Waals surface area contributed by atoms with Crippen LogP contribution in [-0.2, 0) is 14.3 Å². The third kappa shape index (κ3) is 6.32. The smallest absolute Gasteiger partial charge is 0.329 e. The number of likely N-dealkylation sites (tertiary alicyclic amines) is 1. The fraction of sp³-hybridized carbons (Fsp3) is 0.630. The van der Waals surface area contributed by atoms with Gasteiger partial charge >= 0.3 is 12.0 Å². The van der Waals surface area contributed by atoms with Crippen LogP contribution in [0.15, 0.2) is 18.6 Å². The first-order valence-corrected chi connectivity index (χ1v) is 13.5. The van der Waals surface area contributed by atoms with Gasteiger partial charge in [0.1, 0.15) is 25.2 Å². The van der Waals surface area contributed by atoms with Gasteiger partial charge in [-0.2, -0.15) is 5.26 Å². The number of amides is 2. The van der Waals surface area contributed by atoms with Gasteiger partial charge in [-0.3, -0.25) is 14.2 Å². The number of halogens is 2. The van der Waals surface area contributed by atoms with Gasteiger partial charge in [-0.05, 0) is 31.2 Å². The van der Waals surface area contributed by atoms with Crippen LogP contribution in [-0.4, -0.2) is 94.5 Å². The van der Waals surface area contributed by atoms with E-state index in [1.54, 1.807) is 24.2 Å². The van der Waals surface area contributed by atoms with Crippen LogP contribution in [0.1, 0.15) is 45.4 Å². The minimum atomic E-state index is -2.72. The first kappa shape index (κ1) is 29.2. The van der Waals surface area contributed by atoms with Gasteiger partial charge in [-0.25, -0.2) is 23.5 Å². The second-order valence-corrected chi connectivity index (χ2v) is 10.7. The summed E-state index contributed by atoms with van der Waals surface area (Å²) in [6.45, 7) is 3.27. The number of esters is 1. The molecular formula is C27H35F2N7O4. The zero-order valence-corrected chi connectivity index (χ0v) is 23.1. The number of likely N-dealkylation sites (N-methyl/N-ethyl adjacent to an activating group) is 2. The Bertz CT molecular complexity index is 1280. The topological polar surface area (TPSA) is 125 Å². The summed E-state index contributed by atoms with van der Waals surface area (Å²) in [6.07, 6.45) is 3.20. The normalized spacial score (nSPS) is 21.1. The summed E-state index contributed by atoms with van der Waals surface area (Å²) in [5.74, 6) is -3.06. The molecule has 216 valence electrons. The van der Waals surface area contributed by atoms with Gasteiger partial charge < -0.3 is 19.4 Å². The summed E-state index contributed by atoms with van der Waals surface area (Å²) in [6, 6.07) is 3.26. The lowest BCUT2D eigenvalue weighted by atomic mass is 9.87. The Morgan fingerprint density at radius 3 is 2.62 bits per heavy atom. The van der Waals surface area contributed by atoms with Gasteiger partial charge in [-0.1, -0.05) is 6.92 Å². The Labute approximate surface area is 231 Å². The molecule has 11 nitrogen and oxygen atoms in total. The second-order valence-electron chi connectivity index (χ2n) is 10.7. The molecule has 13 heteroatoms. The molecule has 40 heavy (non-hydrogen) atoms. The Balaban J connectivity index is 1.40. The molecule has 3 heterocycles. The average molecular weight is 560 g/mol. The van der Waals surface area contributed by atoms with E-state index >= 15 is 0 Å². The quantitative estimate of drug-likeness (QED) is 0.474. The van der Waals surface area contributed by atoms with Crippen LogP contribution in [0.3, 0.4) is 0 Å². The molecule has 1 saturated heterocycles. The van der Waals surface area contributed by atoms with E-state index in [0.29, 0.717) is 29.9 Å². The number of carbonyl (C=O) groups is 3. The van der Waals surface area contributed by atoms with Gasteiger partial charge in [0, 0.05) is 46.2 Å². The number of hydrogen-bond acceptors (Lipinski definition) is 8. The molecule has 1 aliphatic carbocycles. The molecule has 0 radical (unpaired) electrons. The highest BCUT2D eigenvalue weighted by atomic mass is 19.3. The van der Waals surface area contributed by atoms with E-state index in [9.17, 15) is 23.2 Å². The minimum absolute atomic E-state index is 0.0405. The predicted octanol–water partition coefficient (Wildman–Crippen LogP) is 3.29. The van der Waals surface area contributed by atoms with E-state index in [1.807, 2.05) is 18.0 Å². The number of aromatic nitrogens is 3. The molecule has 2 aromatic rings. The molecule has 0 N–H and O–H groups in total. The average Bonchev–Trinajstić information content (AvgIpc) is 3.36. The maximum absolute atomic E-state index is 13.4. The van der Waals surface area contributed by atoms with Gasteiger partial charge in [0.15, 0.2) is 5.65 Å². The van der Waals surface area contributed by atoms with E-state index in [-0.39, 0.29) is 69.2 Å². The van der Waals surface area contributed by atoms with E-state index in [1.165, 1.54) is 15.8 Å². The van der Waals surface area contributed by atoms with Gasteiger partial charge in [0.05, 0.1) is 30.0 Å². The van der Waals surface area contributed by atoms with Gasteiger partial charge in [0.25, 0.3) is 0 Å². The van der Waals surface area contributed by atoms with E-state index in [4.69, 9.17) is 10.00 Å². The van der Waals surface area contributed by atoms with Crippen molar-refractivity contribution < 1.29 is 27.9 Å². The standard InChI is InChI=1S/C27H35F2N7O4/c1-18-7-12-35(22(37)6-11-30)16-21(18)34(3)23-20-8-13-36(24(20)32-17-31-23)26(39)33(2)14-15-40-25(38)19-4-9-27(28,29)10-5-19/h8,13,17-19,21H,4-7,9-10,12,14-16H2,1-3H3/t18-,21+/m1/s1. The van der Waals surface area contributed by atoms with Crippen LogP contribution in [0.2, 0.25) is 0 Å². The summed E-state index contributed by atoms with van der Waals surface area (Å²) in [4.78, 5) is 51.7. The van der Waals surface area contributed by atoms with Crippen LogP contribution in [0.25, 0.3) is 11.0 Å². The van der Waals surface area contributed by atoms with E-state index < -0.39 is 17.8 Å². The number of nitriles is 1. The molecule has 0 aromatic carbocycles. The van der Waals surface area contributed by atoms with Crippen molar-refractivity contribution in [1.29, 1.82) is 5.26 Å². The number of ether oxygens (including phenoxy) is 1. The molecule has 2 aliphatic rings. The number of nitrogens with zero attached hydrogens (tertiary/aromatic N) is 7. The fourth-order valence-corrected chi connectivity index (χ4v) is 5.45. The van der Waals surface area contributed by atoms with Crippen molar-refractivity contribution in [3.05, 3.63) is 18.6 Å². The number of carbonyl (C=O) groups excluding carboxylic acids is 3. The first-order chi connectivity index (χ1) is 19.0. The monoisotopic (exact) mass is 559 g/mol. The Morgan fingerprint density at radius 1 is 1.20 bits per heavy atom. The van der Waals surface area contributed by atoms with Crippen molar-refractivity contribution in [3.63, 3.8) is 0 Å². The van der Waals surface area contributed by atoms with Crippen molar-refractivity contribution in [2.75, 3.05) is 45.2 Å². The lowest BCUT2D eigenvalue weighted by Crippen LogP contribution is -2.52. The molecule has 1 aliphatic heterocycles. The lowest BCUT2D eigenvalue weighted by Gasteiger charge is -2.42. The van der Waals surface area contributed by atoms with E-state index in [0.717, 1.165) is 6.42 Å². The third-order valence-electron chi connectivity index (χ3n) is 8.05. The number of anilines is 1. The number of rotatable bonds is 7. The molecule has 2 fully saturated rings. The van der Waals surface area contributed by atoms with Crippen molar-refractivity contribution in [1.82, 2.24) is 24.3 Å². The fourth-order valence-electron chi connectivity index (χ4n) is 5.45. The van der Waals surface area contributed by atoms with Gasteiger partial charge in [0.2, 0.25) is 11.8 Å². The van der Waals surface area contributed by atoms with Crippen molar-refractivity contribution in [3.8, 4) is 6.07 Å². The minimum Gasteiger partial charge on any atom is -0.464 e. The number of fused-ring (bicyclic) bond motifs is 1. The van der Waals surface area contributed by atoms with E-state index in [2.05, 4.69) is 16.9 Å². The first-order valence-electron chi connectivity index (χ1n) is 13.5. The largest absolute Gasteiger partial charge is 0.464 e. The summed E-state index contributed by atoms with van der Waals surface area (Å²) in [5.41, 5.74) is 0.412. The van der Waals surface area contributed by atoms with Crippen molar-refractivity contribution >= 4 is 34.8 Å². The molecule has 2 aromatic heterocycles. The molecular weight excluding hydrogens is 524 g/mol. The highest BCUT2D eigenvalue weighted by Gasteiger charge is 2.38. The van der Waals surface area contributed by atoms with Crippen LogP contribution in [0.5, 0.6) is 0 Å². The summed E-state index contributed by atoms with van der Waals surface area (Å²) in [5, 5.41) is 9.58. The zero-order valence-electron chi connectivity index (χ0n) is 23.1. The third-order valence-corrected chi connectivity index (χ3v) is 8.05. The molecule has 4 rings (SSSR count). The van der Waals surface area contributed by atoms with Crippen LogP contribution in [0.4, 0.5) is 19.4 Å². The van der Waals surface area contributed by atoms with Crippen LogP contribution >= 0.6 is 0 Å². The molecule has 0 unspecified atom stereocenters. The molecule has 2 amide bonds. The number of hydrogen-bond donors (Lipinski definition) is 0. The van der Waals surface area contributed by atoms with Crippen molar-refractivity contribution in [2.24, 2.45) is 11.8 Å². The summed E-state index contributed by atoms with van der Waals surface area (Å²) >= 11 is 0. The summed E-state index contributed by atoms with van der Waals surface area (Å²) in [7, 11) is 3.47. The molecule has 1 saturated carbocycles. The highest BCUT2D eigenvalue weighted by molar-refractivity contribution is 5.94. The second kappa shape index (κ2) is 12.1. The molecule has 0 spiro atoms. The van der Waals surface area contributed by atoms with Gasteiger partial charge in [-0.15, -0.1) is 0 Å². The Morgan fingerprint density at radius 2 is 1.93 bits per heavy atom. The summed E-state index contributed by atoms with van der Waals surface area (Å²) < 4.78 is 33.4. The Kier molecular flexibility index (Phi) is 8.85. The molecule has 0 bridgehead atoms.